The molecule has 1 amide bonds. The van der Waals surface area contributed by atoms with Gasteiger partial charge < -0.3 is 19.5 Å². The van der Waals surface area contributed by atoms with E-state index >= 15 is 0 Å². The van der Waals surface area contributed by atoms with Gasteiger partial charge in [0.15, 0.2) is 9.84 Å². The lowest BCUT2D eigenvalue weighted by molar-refractivity contribution is 0.0701. The first-order valence-electron chi connectivity index (χ1n) is 11.1. The minimum Gasteiger partial charge on any atom is -0.416 e. The molecule has 188 valence electrons. The zero-order chi connectivity index (χ0) is 25.2. The van der Waals surface area contributed by atoms with E-state index in [0.717, 1.165) is 12.3 Å². The number of carbonyl (C=O) groups is 1. The summed E-state index contributed by atoms with van der Waals surface area (Å²) in [5, 5.41) is 6.45. The average Bonchev–Trinajstić information content (AvgIpc) is 3.25. The van der Waals surface area contributed by atoms with Crippen LogP contribution in [0, 0.1) is 5.82 Å². The summed E-state index contributed by atoms with van der Waals surface area (Å²) in [6, 6.07) is 5.63. The molecule has 1 aromatic carbocycles. The number of halogens is 2. The summed E-state index contributed by atoms with van der Waals surface area (Å²) in [6.07, 6.45) is 5.24. The fourth-order valence-electron chi connectivity index (χ4n) is 4.01. The van der Waals surface area contributed by atoms with E-state index in [2.05, 4.69) is 20.6 Å². The van der Waals surface area contributed by atoms with Gasteiger partial charge in [-0.2, -0.15) is 0 Å². The first kappa shape index (κ1) is 25.1. The number of rotatable bonds is 7. The Morgan fingerprint density at radius 2 is 2.03 bits per heavy atom. The Hall–Kier alpha value is -2.96. The smallest absolute Gasteiger partial charge is 0.412 e. The number of benzene rings is 1. The predicted octanol–water partition coefficient (Wildman–Crippen LogP) is 3.62. The number of anilines is 2. The number of piperidine rings is 1. The van der Waals surface area contributed by atoms with Crippen LogP contribution in [0.25, 0.3) is 11.0 Å². The van der Waals surface area contributed by atoms with Gasteiger partial charge in [0.1, 0.15) is 23.6 Å². The number of sulfone groups is 1. The summed E-state index contributed by atoms with van der Waals surface area (Å²) in [5.41, 5.74) is -0.0922. The molecule has 0 bridgehead atoms. The maximum absolute atomic E-state index is 14.6. The first-order chi connectivity index (χ1) is 16.7. The number of ether oxygens (including phenoxy) is 1. The van der Waals surface area contributed by atoms with Gasteiger partial charge in [0.25, 0.3) is 0 Å². The number of hydrogen-bond acceptors (Lipinski definition) is 8. The Morgan fingerprint density at radius 1 is 1.29 bits per heavy atom. The molecule has 1 aliphatic heterocycles. The second-order valence-corrected chi connectivity index (χ2v) is 10.6. The van der Waals surface area contributed by atoms with Crippen LogP contribution in [0.5, 0.6) is 0 Å². The molecular formula is C22H26ClFN6O4S. The van der Waals surface area contributed by atoms with Crippen molar-refractivity contribution in [3.05, 3.63) is 42.6 Å². The van der Waals surface area contributed by atoms with Crippen molar-refractivity contribution in [2.24, 2.45) is 0 Å². The molecule has 0 saturated carbocycles. The number of amides is 1. The molecule has 3 aromatic rings. The van der Waals surface area contributed by atoms with Crippen molar-refractivity contribution in [3.63, 3.8) is 0 Å². The topological polar surface area (TPSA) is 118 Å². The Morgan fingerprint density at radius 3 is 2.69 bits per heavy atom. The van der Waals surface area contributed by atoms with Gasteiger partial charge in [-0.05, 0) is 43.7 Å². The van der Waals surface area contributed by atoms with Crippen LogP contribution >= 0.6 is 11.6 Å². The monoisotopic (exact) mass is 524 g/mol. The average molecular weight is 525 g/mol. The van der Waals surface area contributed by atoms with Gasteiger partial charge in [-0.25, -0.2) is 27.6 Å². The van der Waals surface area contributed by atoms with Crippen molar-refractivity contribution in [1.29, 1.82) is 0 Å². The number of hydrogen-bond donors (Lipinski definition) is 2. The number of fused-ring (bicyclic) bond motifs is 1. The minimum atomic E-state index is -3.52. The van der Waals surface area contributed by atoms with Crippen molar-refractivity contribution in [2.75, 3.05) is 31.2 Å². The molecule has 2 N–H and O–H groups in total. The third kappa shape index (κ3) is 5.65. The lowest BCUT2D eigenvalue weighted by Crippen LogP contribution is -2.42. The first-order valence-corrected chi connectivity index (χ1v) is 13.4. The Kier molecular flexibility index (Phi) is 7.43. The van der Waals surface area contributed by atoms with Crippen LogP contribution in [-0.2, 0) is 14.6 Å². The van der Waals surface area contributed by atoms with Crippen LogP contribution in [0.15, 0.2) is 41.7 Å². The molecule has 0 spiro atoms. The highest BCUT2D eigenvalue weighted by Crippen LogP contribution is 2.31. The molecule has 0 aliphatic carbocycles. The molecule has 10 nitrogen and oxygen atoms in total. The summed E-state index contributed by atoms with van der Waals surface area (Å²) in [7, 11) is -3.52. The third-order valence-corrected chi connectivity index (χ3v) is 7.17. The summed E-state index contributed by atoms with van der Waals surface area (Å²) in [4.78, 5) is 22.5. The molecular weight excluding hydrogens is 499 g/mol. The lowest BCUT2D eigenvalue weighted by Gasteiger charge is -2.32. The van der Waals surface area contributed by atoms with E-state index in [1.54, 1.807) is 4.90 Å². The molecule has 4 rings (SSSR count). The predicted molar refractivity (Wildman–Crippen MR) is 130 cm³/mol. The van der Waals surface area contributed by atoms with Crippen LogP contribution in [0.3, 0.4) is 0 Å². The molecule has 1 unspecified atom stereocenters. The molecule has 3 heterocycles. The van der Waals surface area contributed by atoms with E-state index in [1.807, 2.05) is 23.8 Å². The molecule has 35 heavy (non-hydrogen) atoms. The molecule has 2 aromatic heterocycles. The Bertz CT molecular complexity index is 1330. The summed E-state index contributed by atoms with van der Waals surface area (Å²) >= 11 is 5.93. The fraction of sp³-hybridized carbons (Fsp3) is 0.409. The second kappa shape index (κ2) is 10.3. The van der Waals surface area contributed by atoms with Gasteiger partial charge in [-0.1, -0.05) is 18.5 Å². The van der Waals surface area contributed by atoms with E-state index in [9.17, 15) is 17.6 Å². The van der Waals surface area contributed by atoms with Gasteiger partial charge in [0, 0.05) is 31.6 Å². The maximum Gasteiger partial charge on any atom is 0.412 e. The van der Waals surface area contributed by atoms with Crippen LogP contribution in [0.1, 0.15) is 25.8 Å². The Labute approximate surface area is 207 Å². The van der Waals surface area contributed by atoms with E-state index < -0.39 is 27.4 Å². The van der Waals surface area contributed by atoms with Crippen molar-refractivity contribution >= 4 is 50.1 Å². The minimum absolute atomic E-state index is 0.0991. The quantitative estimate of drug-likeness (QED) is 0.273. The number of nitrogens with zero attached hydrogens (tertiary/aromatic N) is 4. The molecule has 0 radical (unpaired) electrons. The zero-order valence-electron chi connectivity index (χ0n) is 19.2. The maximum atomic E-state index is 14.6. The van der Waals surface area contributed by atoms with Crippen molar-refractivity contribution in [1.82, 2.24) is 24.8 Å². The molecule has 1 saturated heterocycles. The second-order valence-electron chi connectivity index (χ2n) is 8.20. The van der Waals surface area contributed by atoms with E-state index in [4.69, 9.17) is 16.3 Å². The summed E-state index contributed by atoms with van der Waals surface area (Å²) in [5.74, 6) is -0.302. The summed E-state index contributed by atoms with van der Waals surface area (Å²) in [6.45, 7) is 3.47. The molecule has 1 aliphatic rings. The van der Waals surface area contributed by atoms with Crippen LogP contribution in [-0.4, -0.2) is 65.5 Å². The Balaban J connectivity index is 1.48. The van der Waals surface area contributed by atoms with E-state index in [0.29, 0.717) is 49.3 Å². The molecule has 1 fully saturated rings. The highest BCUT2D eigenvalue weighted by Gasteiger charge is 2.27. The van der Waals surface area contributed by atoms with Gasteiger partial charge in [0.2, 0.25) is 5.69 Å². The zero-order valence-corrected chi connectivity index (χ0v) is 20.8. The number of nitrogens with one attached hydrogen (secondary N) is 2. The summed E-state index contributed by atoms with van der Waals surface area (Å²) < 4.78 is 45.1. The largest absolute Gasteiger partial charge is 0.416 e. The van der Waals surface area contributed by atoms with Crippen molar-refractivity contribution in [3.8, 4) is 0 Å². The van der Waals surface area contributed by atoms with Gasteiger partial charge in [-0.15, -0.1) is 0 Å². The van der Waals surface area contributed by atoms with Crippen molar-refractivity contribution in [2.45, 2.75) is 36.4 Å². The highest BCUT2D eigenvalue weighted by molar-refractivity contribution is 7.90. The highest BCUT2D eigenvalue weighted by atomic mass is 35.5. The lowest BCUT2D eigenvalue weighted by atomic mass is 10.1. The number of alkyl halides is 1. The van der Waals surface area contributed by atoms with E-state index in [-0.39, 0.29) is 16.6 Å². The molecule has 1 atom stereocenters. The molecule has 13 heteroatoms. The van der Waals surface area contributed by atoms with Crippen LogP contribution in [0.4, 0.5) is 20.7 Å². The SMILES string of the molecule is CCNC(Cl)OC(=O)N1CCC(n2ccc3c(Nc4ccc(S(C)(=O)=O)cc4F)ncnc32)CC1. The van der Waals surface area contributed by atoms with E-state index in [1.165, 1.54) is 18.5 Å². The number of carbonyl (C=O) groups excluding carboxylic acids is 1. The van der Waals surface area contributed by atoms with Crippen molar-refractivity contribution < 1.29 is 22.3 Å². The van der Waals surface area contributed by atoms with Crippen LogP contribution < -0.4 is 10.6 Å². The number of likely N-dealkylation sites (tertiary alicyclic amines) is 1. The third-order valence-electron chi connectivity index (χ3n) is 5.82. The van der Waals surface area contributed by atoms with Gasteiger partial charge in [-0.3, -0.25) is 5.32 Å². The van der Waals surface area contributed by atoms with Crippen LogP contribution in [0.2, 0.25) is 0 Å². The normalized spacial score (nSPS) is 15.8. The number of aromatic nitrogens is 3. The van der Waals surface area contributed by atoms with Gasteiger partial charge in [0.05, 0.1) is 16.0 Å². The fourth-order valence-corrected chi connectivity index (χ4v) is 4.88. The standard InChI is InChI=1S/C22H26ClFN6O4S/c1-3-25-21(23)34-22(31)29-9-6-14(7-10-29)30-11-8-16-19(26-13-27-20(16)30)28-18-5-4-15(12-17(18)24)35(2,32)33/h4-5,8,11-14,21,25H,3,6-7,9-10H2,1-2H3,(H,26,27,28). The van der Waals surface area contributed by atoms with Gasteiger partial charge >= 0.3 is 6.09 Å².